The number of thioether (sulfide) groups is 1. The number of likely N-dealkylation sites (tertiary alicyclic amines) is 1. The molecule has 1 fully saturated rings. The van der Waals surface area contributed by atoms with E-state index in [2.05, 4.69) is 25.5 Å². The van der Waals surface area contributed by atoms with Crippen LogP contribution in [0.25, 0.3) is 0 Å². The molecule has 1 aromatic rings. The van der Waals surface area contributed by atoms with E-state index in [0.717, 1.165) is 18.5 Å². The molecule has 0 spiro atoms. The van der Waals surface area contributed by atoms with Crippen molar-refractivity contribution in [2.75, 3.05) is 26.0 Å². The number of hydrogen-bond donors (Lipinski definition) is 0. The maximum Gasteiger partial charge on any atom is 0.315 e. The standard InChI is InChI=1S/C18H25NO3S/c1-18(2,3)14-7-5-13(6-8-14)17(21)19-10-9-15(11-19)23-12-16(20)22-4/h5-8,15H,9-12H2,1-4H3. The van der Waals surface area contributed by atoms with Gasteiger partial charge in [0.2, 0.25) is 0 Å². The molecule has 0 saturated carbocycles. The van der Waals surface area contributed by atoms with Gasteiger partial charge in [-0.1, -0.05) is 32.9 Å². The van der Waals surface area contributed by atoms with Crippen molar-refractivity contribution in [1.82, 2.24) is 4.90 Å². The topological polar surface area (TPSA) is 46.6 Å². The maximum atomic E-state index is 12.6. The van der Waals surface area contributed by atoms with Crippen LogP contribution in [0, 0.1) is 0 Å². The van der Waals surface area contributed by atoms with E-state index in [1.54, 1.807) is 11.8 Å². The molecule has 0 aliphatic carbocycles. The van der Waals surface area contributed by atoms with Crippen LogP contribution in [0.15, 0.2) is 24.3 Å². The lowest BCUT2D eigenvalue weighted by molar-refractivity contribution is -0.137. The highest BCUT2D eigenvalue weighted by Gasteiger charge is 2.28. The summed E-state index contributed by atoms with van der Waals surface area (Å²) in [6, 6.07) is 7.90. The van der Waals surface area contributed by atoms with Crippen LogP contribution in [-0.2, 0) is 14.9 Å². The Morgan fingerprint density at radius 2 is 1.91 bits per heavy atom. The zero-order valence-electron chi connectivity index (χ0n) is 14.3. The van der Waals surface area contributed by atoms with Gasteiger partial charge in [-0.05, 0) is 29.5 Å². The van der Waals surface area contributed by atoms with Crippen LogP contribution in [-0.4, -0.2) is 48.0 Å². The molecule has 4 nitrogen and oxygen atoms in total. The molecule has 0 aromatic heterocycles. The maximum absolute atomic E-state index is 12.6. The number of hydrogen-bond acceptors (Lipinski definition) is 4. The minimum Gasteiger partial charge on any atom is -0.468 e. The van der Waals surface area contributed by atoms with Gasteiger partial charge < -0.3 is 9.64 Å². The Kier molecular flexibility index (Phi) is 5.74. The smallest absolute Gasteiger partial charge is 0.315 e. The number of carbonyl (C=O) groups excluding carboxylic acids is 2. The Bertz CT molecular complexity index is 563. The fraction of sp³-hybridized carbons (Fsp3) is 0.556. The van der Waals surface area contributed by atoms with Crippen LogP contribution in [0.2, 0.25) is 0 Å². The van der Waals surface area contributed by atoms with Crippen LogP contribution >= 0.6 is 11.8 Å². The lowest BCUT2D eigenvalue weighted by atomic mass is 9.86. The van der Waals surface area contributed by atoms with Gasteiger partial charge in [-0.15, -0.1) is 11.8 Å². The lowest BCUT2D eigenvalue weighted by Crippen LogP contribution is -2.29. The highest BCUT2D eigenvalue weighted by molar-refractivity contribution is 8.00. The number of benzene rings is 1. The Hall–Kier alpha value is -1.49. The fourth-order valence-corrected chi connectivity index (χ4v) is 3.64. The number of nitrogens with zero attached hydrogens (tertiary/aromatic N) is 1. The molecular weight excluding hydrogens is 310 g/mol. The van der Waals surface area contributed by atoms with Gasteiger partial charge in [0, 0.05) is 23.9 Å². The molecular formula is C18H25NO3S. The van der Waals surface area contributed by atoms with E-state index in [-0.39, 0.29) is 17.3 Å². The highest BCUT2D eigenvalue weighted by atomic mass is 32.2. The lowest BCUT2D eigenvalue weighted by Gasteiger charge is -2.20. The second-order valence-corrected chi connectivity index (χ2v) is 8.17. The van der Waals surface area contributed by atoms with Crippen molar-refractivity contribution in [2.24, 2.45) is 0 Å². The number of esters is 1. The van der Waals surface area contributed by atoms with E-state index in [4.69, 9.17) is 0 Å². The van der Waals surface area contributed by atoms with Crippen LogP contribution in [0.5, 0.6) is 0 Å². The minimum atomic E-state index is -0.211. The predicted molar refractivity (Wildman–Crippen MR) is 93.9 cm³/mol. The second kappa shape index (κ2) is 7.39. The summed E-state index contributed by atoms with van der Waals surface area (Å²) in [4.78, 5) is 25.6. The number of amides is 1. The van der Waals surface area contributed by atoms with Crippen LogP contribution in [0.1, 0.15) is 43.1 Å². The second-order valence-electron chi connectivity index (χ2n) is 6.88. The number of carbonyl (C=O) groups is 2. The van der Waals surface area contributed by atoms with Crippen molar-refractivity contribution in [3.8, 4) is 0 Å². The normalized spacial score (nSPS) is 18.1. The van der Waals surface area contributed by atoms with E-state index in [0.29, 0.717) is 17.5 Å². The van der Waals surface area contributed by atoms with Gasteiger partial charge in [0.05, 0.1) is 12.9 Å². The van der Waals surface area contributed by atoms with Crippen molar-refractivity contribution in [3.63, 3.8) is 0 Å². The van der Waals surface area contributed by atoms with Gasteiger partial charge in [0.15, 0.2) is 0 Å². The number of ether oxygens (including phenoxy) is 1. The van der Waals surface area contributed by atoms with Crippen LogP contribution in [0.3, 0.4) is 0 Å². The zero-order chi connectivity index (χ0) is 17.0. The predicted octanol–water partition coefficient (Wildman–Crippen LogP) is 3.10. The van der Waals surface area contributed by atoms with E-state index in [1.807, 2.05) is 29.2 Å². The first-order chi connectivity index (χ1) is 10.8. The molecule has 1 saturated heterocycles. The highest BCUT2D eigenvalue weighted by Crippen LogP contribution is 2.26. The average Bonchev–Trinajstić information content (AvgIpc) is 3.00. The Morgan fingerprint density at radius 1 is 1.26 bits per heavy atom. The van der Waals surface area contributed by atoms with Crippen molar-refractivity contribution >= 4 is 23.6 Å². The monoisotopic (exact) mass is 335 g/mol. The minimum absolute atomic E-state index is 0.0756. The molecule has 0 bridgehead atoms. The third kappa shape index (κ3) is 4.74. The van der Waals surface area contributed by atoms with E-state index >= 15 is 0 Å². The number of methoxy groups -OCH3 is 1. The first-order valence-corrected chi connectivity index (χ1v) is 8.94. The van der Waals surface area contributed by atoms with Crippen molar-refractivity contribution in [2.45, 2.75) is 37.9 Å². The van der Waals surface area contributed by atoms with Gasteiger partial charge in [-0.3, -0.25) is 9.59 Å². The van der Waals surface area contributed by atoms with Gasteiger partial charge in [-0.25, -0.2) is 0 Å². The zero-order valence-corrected chi connectivity index (χ0v) is 15.1. The third-order valence-electron chi connectivity index (χ3n) is 4.09. The molecule has 1 atom stereocenters. The van der Waals surface area contributed by atoms with Gasteiger partial charge in [0.1, 0.15) is 0 Å². The summed E-state index contributed by atoms with van der Waals surface area (Å²) in [7, 11) is 1.40. The fourth-order valence-electron chi connectivity index (χ4n) is 2.59. The molecule has 23 heavy (non-hydrogen) atoms. The Labute approximate surface area is 142 Å². The van der Waals surface area contributed by atoms with Crippen molar-refractivity contribution < 1.29 is 14.3 Å². The number of rotatable bonds is 4. The Balaban J connectivity index is 1.93. The molecule has 0 radical (unpaired) electrons. The molecule has 1 heterocycles. The van der Waals surface area contributed by atoms with Crippen LogP contribution in [0.4, 0.5) is 0 Å². The van der Waals surface area contributed by atoms with Gasteiger partial charge in [-0.2, -0.15) is 0 Å². The summed E-state index contributed by atoms with van der Waals surface area (Å²) in [5, 5.41) is 0.312. The van der Waals surface area contributed by atoms with Crippen LogP contribution < -0.4 is 0 Å². The average molecular weight is 335 g/mol. The molecule has 1 unspecified atom stereocenters. The summed E-state index contributed by atoms with van der Waals surface area (Å²) in [6.07, 6.45) is 0.924. The third-order valence-corrected chi connectivity index (χ3v) is 5.35. The molecule has 1 amide bonds. The van der Waals surface area contributed by atoms with Gasteiger partial charge in [0.25, 0.3) is 5.91 Å². The largest absolute Gasteiger partial charge is 0.468 e. The van der Waals surface area contributed by atoms with Gasteiger partial charge >= 0.3 is 5.97 Å². The summed E-state index contributed by atoms with van der Waals surface area (Å²) >= 11 is 1.57. The van der Waals surface area contributed by atoms with E-state index in [9.17, 15) is 9.59 Å². The summed E-state index contributed by atoms with van der Waals surface area (Å²) in [5.74, 6) is 0.216. The molecule has 5 heteroatoms. The van der Waals surface area contributed by atoms with Crippen molar-refractivity contribution in [3.05, 3.63) is 35.4 Å². The van der Waals surface area contributed by atoms with E-state index < -0.39 is 0 Å². The SMILES string of the molecule is COC(=O)CSC1CCN(C(=O)c2ccc(C(C)(C)C)cc2)C1. The molecule has 2 rings (SSSR count). The molecule has 1 aromatic carbocycles. The molecule has 1 aliphatic rings. The first kappa shape index (κ1) is 17.9. The molecule has 126 valence electrons. The summed E-state index contributed by atoms with van der Waals surface area (Å²) in [5.41, 5.74) is 2.05. The van der Waals surface area contributed by atoms with Crippen molar-refractivity contribution in [1.29, 1.82) is 0 Å². The summed E-state index contributed by atoms with van der Waals surface area (Å²) < 4.78 is 4.65. The first-order valence-electron chi connectivity index (χ1n) is 7.89. The molecule has 0 N–H and O–H groups in total. The molecule has 1 aliphatic heterocycles. The Morgan fingerprint density at radius 3 is 2.48 bits per heavy atom. The van der Waals surface area contributed by atoms with E-state index in [1.165, 1.54) is 12.7 Å². The summed E-state index contributed by atoms with van der Waals surface area (Å²) in [6.45, 7) is 7.93. The quantitative estimate of drug-likeness (QED) is 0.793.